The van der Waals surface area contributed by atoms with Crippen LogP contribution in [0, 0.1) is 15.9 Å². The molecule has 4 aromatic rings. The number of carboxylic acid groups (broad SMARTS) is 1. The first-order chi connectivity index (χ1) is 30.1. The first-order valence-electron chi connectivity index (χ1n) is 17.5. The summed E-state index contributed by atoms with van der Waals surface area (Å²) in [6.07, 6.45) is -2.67. The highest BCUT2D eigenvalue weighted by Gasteiger charge is 2.36. The number of amides is 2. The van der Waals surface area contributed by atoms with Gasteiger partial charge in [-0.25, -0.2) is 17.5 Å². The average molecular weight is 1050 g/mol. The van der Waals surface area contributed by atoms with Gasteiger partial charge in [-0.1, -0.05) is 28.0 Å². The number of nitrogens with zero attached hydrogens (tertiary/aromatic N) is 4. The number of anilines is 1. The predicted molar refractivity (Wildman–Crippen MR) is 227 cm³/mol. The minimum absolute atomic E-state index is 0.189. The maximum Gasteiger partial charge on any atom is 0.445 e. The molecule has 0 spiro atoms. The number of sulfonamides is 1. The molecule has 31 heteroatoms. The van der Waals surface area contributed by atoms with Crippen molar-refractivity contribution in [3.63, 3.8) is 0 Å². The number of hydrogen-bond acceptors (Lipinski definition) is 15. The lowest BCUT2D eigenvalue weighted by molar-refractivity contribution is -0.385. The van der Waals surface area contributed by atoms with Crippen molar-refractivity contribution in [2.24, 2.45) is 0 Å². The van der Waals surface area contributed by atoms with Crippen LogP contribution in [0.25, 0.3) is 0 Å². The second-order valence-electron chi connectivity index (χ2n) is 13.2. The molecule has 4 N–H and O–H groups in total. The van der Waals surface area contributed by atoms with Gasteiger partial charge in [0.2, 0.25) is 15.0 Å². The number of alkyl halides is 6. The summed E-state index contributed by atoms with van der Waals surface area (Å²) in [5.74, 6) is -3.80. The van der Waals surface area contributed by atoms with Crippen LogP contribution in [0.3, 0.4) is 0 Å². The van der Waals surface area contributed by atoms with E-state index in [1.165, 1.54) is 29.2 Å². The van der Waals surface area contributed by atoms with Crippen molar-refractivity contribution in [3.8, 4) is 16.7 Å². The zero-order valence-electron chi connectivity index (χ0n) is 34.8. The molecule has 2 amide bonds. The van der Waals surface area contributed by atoms with Crippen molar-refractivity contribution in [2.45, 2.75) is 32.2 Å². The van der Waals surface area contributed by atoms with Crippen LogP contribution in [0.15, 0.2) is 60.7 Å². The topological polar surface area (TPSA) is 281 Å². The third-order valence-corrected chi connectivity index (χ3v) is 8.98. The second-order valence-corrected chi connectivity index (χ2v) is 20.4. The predicted octanol–water partition coefficient (Wildman–Crippen LogP) is 5.92. The van der Waals surface area contributed by atoms with Crippen LogP contribution in [0.2, 0.25) is 5.02 Å². The molecule has 19 nitrogen and oxygen atoms in total. The van der Waals surface area contributed by atoms with Crippen molar-refractivity contribution in [3.05, 3.63) is 97.8 Å². The van der Waals surface area contributed by atoms with E-state index >= 15 is 0 Å². The molecule has 66 heavy (non-hydrogen) atoms. The second kappa shape index (κ2) is 25.7. The average Bonchev–Trinajstić information content (AvgIpc) is 3.64. The van der Waals surface area contributed by atoms with Gasteiger partial charge in [0.15, 0.2) is 6.61 Å². The number of aromatic nitrogens is 2. The summed E-state index contributed by atoms with van der Waals surface area (Å²) >= 11 is 5.97. The number of hydrogen-bond donors (Lipinski definition) is 4. The van der Waals surface area contributed by atoms with Crippen molar-refractivity contribution in [2.75, 3.05) is 49.4 Å². The van der Waals surface area contributed by atoms with Gasteiger partial charge in [0.25, 0.3) is 22.7 Å². The van der Waals surface area contributed by atoms with E-state index in [1.54, 1.807) is 18.6 Å². The highest BCUT2D eigenvalue weighted by molar-refractivity contribution is 7.94. The molecule has 0 saturated carbocycles. The molecule has 4 rings (SSSR count). The van der Waals surface area contributed by atoms with Crippen LogP contribution in [-0.4, -0.2) is 102 Å². The third-order valence-electron chi connectivity index (χ3n) is 6.62. The molecular weight excluding hydrogens is 1010 g/mol. The van der Waals surface area contributed by atoms with Crippen molar-refractivity contribution in [1.29, 1.82) is 0 Å². The number of carboxylic acids is 1. The summed E-state index contributed by atoms with van der Waals surface area (Å²) in [4.78, 5) is 63.6. The Bertz CT molecular complexity index is 2440. The molecule has 1 heterocycles. The number of halogens is 8. The fourth-order valence-electron chi connectivity index (χ4n) is 4.24. The Balaban J connectivity index is 0.000000517. The number of carbonyl (C=O) groups excluding carboxylic acids is 2. The van der Waals surface area contributed by atoms with Crippen molar-refractivity contribution in [1.82, 2.24) is 20.2 Å². The smallest absolute Gasteiger partial charge is 0.445 e. The first-order valence-corrected chi connectivity index (χ1v) is 24.8. The van der Waals surface area contributed by atoms with Gasteiger partial charge < -0.3 is 33.8 Å². The molecule has 1 unspecified atom stereocenters. The lowest BCUT2D eigenvalue weighted by Gasteiger charge is -2.26. The monoisotopic (exact) mass is 1050 g/mol. The summed E-state index contributed by atoms with van der Waals surface area (Å²) in [7, 11) is -7.71. The molecular formula is C35H39ClF7N6O13PS3. The molecule has 0 aliphatic heterocycles. The zero-order valence-corrected chi connectivity index (χ0v) is 38.9. The van der Waals surface area contributed by atoms with Crippen LogP contribution in [0.5, 0.6) is 16.7 Å². The largest absolute Gasteiger partial charge is 0.778 e. The molecule has 1 atom stereocenters. The SMILES string of the molecule is CC(C)N(C(=O)COc1nnc(C(F)(F)F)s1)c1ccc(F)cc1.CS(=O)(=O)NC(=O)c1cc(Oc2ccc(C(F)(F)F)cc2Cl)ccc1[N+](=O)[O-].C[S+](C)C.O=C(O)CNCP(=O)([O-])O. The van der Waals surface area contributed by atoms with E-state index in [1.807, 2.05) is 5.32 Å². The van der Waals surface area contributed by atoms with Gasteiger partial charge in [0, 0.05) is 23.9 Å². The highest BCUT2D eigenvalue weighted by atomic mass is 35.5. The van der Waals surface area contributed by atoms with Crippen molar-refractivity contribution < 1.29 is 87.4 Å². The molecule has 0 bridgehead atoms. The lowest BCUT2D eigenvalue weighted by Crippen LogP contribution is -2.40. The first kappa shape index (κ1) is 58.9. The van der Waals surface area contributed by atoms with Gasteiger partial charge in [-0.15, -0.1) is 5.10 Å². The normalized spacial score (nSPS) is 12.2. The number of rotatable bonds is 14. The Morgan fingerprint density at radius 2 is 1.58 bits per heavy atom. The minimum atomic E-state index is -4.62. The van der Waals surface area contributed by atoms with Gasteiger partial charge in [0.1, 0.15) is 30.5 Å². The van der Waals surface area contributed by atoms with E-state index in [2.05, 4.69) is 29.0 Å². The number of aliphatic carboxylic acids is 1. The van der Waals surface area contributed by atoms with Crippen LogP contribution < -0.4 is 29.3 Å². The van der Waals surface area contributed by atoms with E-state index < -0.39 is 105 Å². The number of nitrogens with one attached hydrogen (secondary N) is 2. The molecule has 0 fully saturated rings. The Morgan fingerprint density at radius 3 is 2.02 bits per heavy atom. The fraction of sp³-hybridized carbons (Fsp3) is 0.343. The Kier molecular flexibility index (Phi) is 22.9. The van der Waals surface area contributed by atoms with Crippen LogP contribution in [0.4, 0.5) is 42.1 Å². The summed E-state index contributed by atoms with van der Waals surface area (Å²) in [5.41, 5.74) is -1.89. The molecule has 0 saturated heterocycles. The van der Waals surface area contributed by atoms with E-state index in [-0.39, 0.29) is 34.1 Å². The molecule has 0 radical (unpaired) electrons. The van der Waals surface area contributed by atoms with Crippen molar-refractivity contribution >= 4 is 80.6 Å². The summed E-state index contributed by atoms with van der Waals surface area (Å²) in [5, 5.41) is 25.4. The van der Waals surface area contributed by atoms with Gasteiger partial charge in [-0.05, 0) is 73.3 Å². The Morgan fingerprint density at radius 1 is 1.00 bits per heavy atom. The summed E-state index contributed by atoms with van der Waals surface area (Å²) < 4.78 is 132. The van der Waals surface area contributed by atoms with E-state index in [0.29, 0.717) is 35.0 Å². The zero-order chi connectivity index (χ0) is 51.0. The molecule has 366 valence electrons. The molecule has 0 aliphatic rings. The molecule has 0 aliphatic carbocycles. The maximum atomic E-state index is 13.0. The van der Waals surface area contributed by atoms with E-state index in [0.717, 1.165) is 24.3 Å². The van der Waals surface area contributed by atoms with Crippen LogP contribution in [0.1, 0.15) is 34.8 Å². The number of nitro groups is 1. The maximum absolute atomic E-state index is 13.0. The fourth-order valence-corrected chi connectivity index (χ4v) is 5.86. The summed E-state index contributed by atoms with van der Waals surface area (Å²) in [6.45, 7) is 2.50. The lowest BCUT2D eigenvalue weighted by atomic mass is 10.1. The number of nitro benzene ring substituents is 1. The van der Waals surface area contributed by atoms with Crippen LogP contribution in [-0.2, 0) is 47.4 Å². The number of ether oxygens (including phenoxy) is 2. The molecule has 1 aromatic heterocycles. The van der Waals surface area contributed by atoms with Gasteiger partial charge in [0.05, 0.1) is 53.4 Å². The van der Waals surface area contributed by atoms with E-state index in [4.69, 9.17) is 31.1 Å². The Labute approximate surface area is 383 Å². The molecule has 3 aromatic carbocycles. The third kappa shape index (κ3) is 22.8. The van der Waals surface area contributed by atoms with Gasteiger partial charge in [-0.3, -0.25) is 29.8 Å². The standard InChI is InChI=1S/C15H10ClF3N2O6S.C14H13F4N3O2S.C3H8NO5P.C3H9S/c1-28(25,26)20-14(22)10-7-9(3-4-12(10)21(23)24)27-13-5-2-8(6-11(13)16)15(17,18)19;1-8(2)21(10-5-3-9(15)4-6-10)11(22)7-23-13-20-19-12(24-13)14(16,17)18;5-3(6)1-4-2-10(7,8)9;1-4(2)3/h2-7H,1H3,(H,20,22);3-6,8H,7H2,1-2H3;4H,1-2H2,(H,5,6)(H2,7,8,9);1-3H3/q;;;+1/p-1. The van der Waals surface area contributed by atoms with Crippen LogP contribution >= 0.6 is 30.5 Å². The quantitative estimate of drug-likeness (QED) is 0.0375. The van der Waals surface area contributed by atoms with Gasteiger partial charge >= 0.3 is 18.3 Å². The minimum Gasteiger partial charge on any atom is -0.778 e. The van der Waals surface area contributed by atoms with E-state index in [9.17, 15) is 73.1 Å². The number of carbonyl (C=O) groups is 3. The summed E-state index contributed by atoms with van der Waals surface area (Å²) in [6, 6.07) is 10.1. The van der Waals surface area contributed by atoms with Gasteiger partial charge in [-0.2, -0.15) is 26.3 Å². The number of benzene rings is 3. The highest BCUT2D eigenvalue weighted by Crippen LogP contribution is 2.38. The Hall–Kier alpha value is -5.16.